The molecule has 2 rings (SSSR count). The minimum Gasteiger partial charge on any atom is -0.381 e. The maximum absolute atomic E-state index is 13.7. The number of ether oxygens (including phenoxy) is 1. The Labute approximate surface area is 112 Å². The summed E-state index contributed by atoms with van der Waals surface area (Å²) in [6, 6.07) is 3.95. The van der Waals surface area contributed by atoms with Gasteiger partial charge in [0, 0.05) is 25.5 Å². The van der Waals surface area contributed by atoms with Gasteiger partial charge in [-0.1, -0.05) is 0 Å². The molecule has 1 heterocycles. The second-order valence-electron chi connectivity index (χ2n) is 4.80. The van der Waals surface area contributed by atoms with Crippen molar-refractivity contribution in [1.29, 1.82) is 0 Å². The summed E-state index contributed by atoms with van der Waals surface area (Å²) in [6.45, 7) is 1.37. The van der Waals surface area contributed by atoms with Crippen molar-refractivity contribution in [1.82, 2.24) is 0 Å². The Hall–Kier alpha value is -1.14. The van der Waals surface area contributed by atoms with Crippen LogP contribution < -0.4 is 5.32 Å². The molecule has 4 nitrogen and oxygen atoms in total. The fourth-order valence-corrected chi connectivity index (χ4v) is 2.76. The molecule has 0 amide bonds. The summed E-state index contributed by atoms with van der Waals surface area (Å²) >= 11 is 0. The number of hydrogen-bond donors (Lipinski definition) is 1. The number of anilines is 1. The second kappa shape index (κ2) is 5.88. The van der Waals surface area contributed by atoms with E-state index >= 15 is 0 Å². The summed E-state index contributed by atoms with van der Waals surface area (Å²) in [7, 11) is -3.32. The van der Waals surface area contributed by atoms with Crippen molar-refractivity contribution in [3.8, 4) is 0 Å². The standard InChI is InChI=1S/C13H18FNO3S/c1-19(16,17)11-4-5-12(14)13(9-11)15-10-3-2-7-18-8-6-10/h4-5,9-10,15H,2-3,6-8H2,1H3. The molecule has 1 aromatic carbocycles. The highest BCUT2D eigenvalue weighted by atomic mass is 32.2. The third-order valence-corrected chi connectivity index (χ3v) is 4.29. The van der Waals surface area contributed by atoms with E-state index in [1.807, 2.05) is 0 Å². The van der Waals surface area contributed by atoms with Gasteiger partial charge < -0.3 is 10.1 Å². The molecule has 0 spiro atoms. The minimum absolute atomic E-state index is 0.117. The molecule has 106 valence electrons. The summed E-state index contributed by atoms with van der Waals surface area (Å²) in [5.74, 6) is -0.433. The third-order valence-electron chi connectivity index (χ3n) is 3.18. The maximum atomic E-state index is 13.7. The highest BCUT2D eigenvalue weighted by Crippen LogP contribution is 2.22. The highest BCUT2D eigenvalue weighted by molar-refractivity contribution is 7.90. The summed E-state index contributed by atoms with van der Waals surface area (Å²) in [4.78, 5) is 0.126. The molecule has 0 saturated carbocycles. The molecule has 0 bridgehead atoms. The van der Waals surface area contributed by atoms with Crippen LogP contribution in [-0.4, -0.2) is 33.9 Å². The summed E-state index contributed by atoms with van der Waals surface area (Å²) in [6.07, 6.45) is 3.72. The third kappa shape index (κ3) is 3.91. The van der Waals surface area contributed by atoms with Crippen LogP contribution in [0.3, 0.4) is 0 Å². The lowest BCUT2D eigenvalue weighted by Gasteiger charge is -2.18. The Bertz CT molecular complexity index is 537. The van der Waals surface area contributed by atoms with Gasteiger partial charge in [-0.25, -0.2) is 12.8 Å². The molecule has 1 aliphatic rings. The Kier molecular flexibility index (Phi) is 4.42. The first-order valence-corrected chi connectivity index (χ1v) is 8.20. The molecule has 0 aliphatic carbocycles. The molecule has 1 saturated heterocycles. The van der Waals surface area contributed by atoms with Crippen LogP contribution in [0.4, 0.5) is 10.1 Å². The second-order valence-corrected chi connectivity index (χ2v) is 6.81. The van der Waals surface area contributed by atoms with E-state index in [2.05, 4.69) is 5.32 Å². The Morgan fingerprint density at radius 2 is 2.11 bits per heavy atom. The van der Waals surface area contributed by atoms with Crippen molar-refractivity contribution in [2.24, 2.45) is 0 Å². The minimum atomic E-state index is -3.32. The normalized spacial score (nSPS) is 20.8. The largest absolute Gasteiger partial charge is 0.381 e. The van der Waals surface area contributed by atoms with Crippen LogP contribution in [0.5, 0.6) is 0 Å². The number of benzene rings is 1. The van der Waals surface area contributed by atoms with E-state index < -0.39 is 15.7 Å². The zero-order chi connectivity index (χ0) is 13.9. The maximum Gasteiger partial charge on any atom is 0.175 e. The topological polar surface area (TPSA) is 55.4 Å². The van der Waals surface area contributed by atoms with Crippen molar-refractivity contribution in [2.45, 2.75) is 30.2 Å². The summed E-state index contributed by atoms with van der Waals surface area (Å²) < 4.78 is 42.0. The summed E-state index contributed by atoms with van der Waals surface area (Å²) in [5.41, 5.74) is 0.245. The number of sulfone groups is 1. The first-order chi connectivity index (χ1) is 8.97. The number of hydrogen-bond acceptors (Lipinski definition) is 4. The lowest BCUT2D eigenvalue weighted by atomic mass is 10.1. The first kappa shape index (κ1) is 14.3. The van der Waals surface area contributed by atoms with Gasteiger partial charge in [-0.3, -0.25) is 0 Å². The molecule has 0 radical (unpaired) electrons. The lowest BCUT2D eigenvalue weighted by molar-refractivity contribution is 0.144. The molecule has 1 aliphatic heterocycles. The monoisotopic (exact) mass is 287 g/mol. The zero-order valence-corrected chi connectivity index (χ0v) is 11.7. The van der Waals surface area contributed by atoms with Crippen molar-refractivity contribution < 1.29 is 17.5 Å². The Morgan fingerprint density at radius 3 is 2.84 bits per heavy atom. The first-order valence-electron chi connectivity index (χ1n) is 6.31. The van der Waals surface area contributed by atoms with E-state index in [0.717, 1.165) is 32.1 Å². The average molecular weight is 287 g/mol. The van der Waals surface area contributed by atoms with Gasteiger partial charge in [0.1, 0.15) is 5.82 Å². The number of nitrogens with one attached hydrogen (secondary N) is 1. The number of rotatable bonds is 3. The summed E-state index contributed by atoms with van der Waals surface area (Å²) in [5, 5.41) is 3.08. The van der Waals surface area contributed by atoms with Crippen LogP contribution in [0.1, 0.15) is 19.3 Å². The van der Waals surface area contributed by atoms with Gasteiger partial charge in [0.05, 0.1) is 10.6 Å². The van der Waals surface area contributed by atoms with Crippen LogP contribution in [-0.2, 0) is 14.6 Å². The lowest BCUT2D eigenvalue weighted by Crippen LogP contribution is -2.20. The fourth-order valence-electron chi connectivity index (χ4n) is 2.11. The molecule has 1 atom stereocenters. The van der Waals surface area contributed by atoms with Crippen LogP contribution in [0.15, 0.2) is 23.1 Å². The Morgan fingerprint density at radius 1 is 1.32 bits per heavy atom. The van der Waals surface area contributed by atoms with Gasteiger partial charge in [-0.15, -0.1) is 0 Å². The molecular weight excluding hydrogens is 269 g/mol. The Balaban J connectivity index is 2.19. The molecule has 6 heteroatoms. The van der Waals surface area contributed by atoms with Crippen LogP contribution in [0.25, 0.3) is 0 Å². The van der Waals surface area contributed by atoms with Gasteiger partial charge in [0.2, 0.25) is 0 Å². The molecule has 1 unspecified atom stereocenters. The smallest absolute Gasteiger partial charge is 0.175 e. The quantitative estimate of drug-likeness (QED) is 0.866. The van der Waals surface area contributed by atoms with Crippen LogP contribution in [0.2, 0.25) is 0 Å². The van der Waals surface area contributed by atoms with Gasteiger partial charge in [0.25, 0.3) is 0 Å². The van der Waals surface area contributed by atoms with E-state index in [1.165, 1.54) is 18.2 Å². The average Bonchev–Trinajstić information content (AvgIpc) is 2.59. The van der Waals surface area contributed by atoms with E-state index in [1.54, 1.807) is 0 Å². The number of halogens is 1. The van der Waals surface area contributed by atoms with Gasteiger partial charge in [-0.2, -0.15) is 0 Å². The van der Waals surface area contributed by atoms with E-state index in [0.29, 0.717) is 6.61 Å². The van der Waals surface area contributed by atoms with E-state index in [9.17, 15) is 12.8 Å². The van der Waals surface area contributed by atoms with Gasteiger partial charge in [-0.05, 0) is 37.5 Å². The molecule has 0 aromatic heterocycles. The molecule has 1 aromatic rings. The van der Waals surface area contributed by atoms with E-state index in [-0.39, 0.29) is 16.6 Å². The van der Waals surface area contributed by atoms with Crippen molar-refractivity contribution in [2.75, 3.05) is 24.8 Å². The molecule has 1 fully saturated rings. The van der Waals surface area contributed by atoms with Crippen molar-refractivity contribution in [3.63, 3.8) is 0 Å². The van der Waals surface area contributed by atoms with E-state index in [4.69, 9.17) is 4.74 Å². The van der Waals surface area contributed by atoms with Crippen molar-refractivity contribution >= 4 is 15.5 Å². The van der Waals surface area contributed by atoms with Crippen LogP contribution in [0, 0.1) is 5.82 Å². The molecular formula is C13H18FNO3S. The van der Waals surface area contributed by atoms with Crippen LogP contribution >= 0.6 is 0 Å². The predicted octanol–water partition coefficient (Wildman–Crippen LogP) is 2.21. The highest BCUT2D eigenvalue weighted by Gasteiger charge is 2.16. The van der Waals surface area contributed by atoms with Crippen molar-refractivity contribution in [3.05, 3.63) is 24.0 Å². The van der Waals surface area contributed by atoms with Gasteiger partial charge >= 0.3 is 0 Å². The SMILES string of the molecule is CS(=O)(=O)c1ccc(F)c(NC2CCCOCC2)c1. The van der Waals surface area contributed by atoms with Gasteiger partial charge in [0.15, 0.2) is 9.84 Å². The fraction of sp³-hybridized carbons (Fsp3) is 0.538. The molecule has 19 heavy (non-hydrogen) atoms. The predicted molar refractivity (Wildman–Crippen MR) is 71.6 cm³/mol. The zero-order valence-electron chi connectivity index (χ0n) is 10.9. The molecule has 1 N–H and O–H groups in total.